The molecule has 0 radical (unpaired) electrons. The number of hydrogen-bond donors (Lipinski definition) is 1. The van der Waals surface area contributed by atoms with Crippen LogP contribution in [-0.4, -0.2) is 37.2 Å². The van der Waals surface area contributed by atoms with Crippen molar-refractivity contribution in [3.63, 3.8) is 0 Å². The Morgan fingerprint density at radius 3 is 2.94 bits per heavy atom. The smallest absolute Gasteiger partial charge is 0.0880 e. The van der Waals surface area contributed by atoms with E-state index in [0.29, 0.717) is 12.1 Å². The van der Waals surface area contributed by atoms with Gasteiger partial charge in [-0.3, -0.25) is 0 Å². The largest absolute Gasteiger partial charge is 0.366 e. The van der Waals surface area contributed by atoms with Gasteiger partial charge >= 0.3 is 0 Å². The summed E-state index contributed by atoms with van der Waals surface area (Å²) in [4.78, 5) is 5.00. The number of hydrogen-bond acceptors (Lipinski definition) is 3. The monoisotopic (exact) mass is 231 g/mol. The van der Waals surface area contributed by atoms with Crippen molar-refractivity contribution in [3.8, 4) is 0 Å². The molecule has 3 rings (SSSR count). The zero-order valence-electron chi connectivity index (χ0n) is 10.7. The number of rotatable bonds is 1. The summed E-state index contributed by atoms with van der Waals surface area (Å²) in [5.41, 5.74) is 2.67. The molecule has 2 unspecified atom stereocenters. The molecule has 0 aromatic heterocycles. The molecule has 1 saturated heterocycles. The predicted octanol–water partition coefficient (Wildman–Crippen LogP) is 2.36. The lowest BCUT2D eigenvalue weighted by Crippen LogP contribution is -2.47. The van der Waals surface area contributed by atoms with Crippen molar-refractivity contribution in [2.75, 3.05) is 30.5 Å². The van der Waals surface area contributed by atoms with Crippen LogP contribution in [0.5, 0.6) is 0 Å². The van der Waals surface area contributed by atoms with E-state index in [1.54, 1.807) is 0 Å². The maximum absolute atomic E-state index is 3.49. The lowest BCUT2D eigenvalue weighted by atomic mass is 9.97. The van der Waals surface area contributed by atoms with Crippen LogP contribution in [0.1, 0.15) is 19.8 Å². The van der Waals surface area contributed by atoms with Crippen LogP contribution in [0.4, 0.5) is 11.4 Å². The van der Waals surface area contributed by atoms with E-state index >= 15 is 0 Å². The number of para-hydroxylation sites is 2. The molecule has 2 aliphatic rings. The van der Waals surface area contributed by atoms with Crippen molar-refractivity contribution in [2.24, 2.45) is 0 Å². The van der Waals surface area contributed by atoms with Gasteiger partial charge in [0.05, 0.1) is 18.0 Å². The zero-order valence-corrected chi connectivity index (χ0v) is 10.7. The minimum Gasteiger partial charge on any atom is -0.366 e. The molecule has 0 amide bonds. The highest BCUT2D eigenvalue weighted by molar-refractivity contribution is 5.74. The second-order valence-electron chi connectivity index (χ2n) is 5.33. The van der Waals surface area contributed by atoms with Crippen molar-refractivity contribution >= 4 is 11.4 Å². The first kappa shape index (κ1) is 10.9. The lowest BCUT2D eigenvalue weighted by molar-refractivity contribution is 0.181. The molecule has 0 aliphatic carbocycles. The fourth-order valence-electron chi connectivity index (χ4n) is 3.00. The van der Waals surface area contributed by atoms with Crippen molar-refractivity contribution < 1.29 is 0 Å². The SMILES string of the molecule is CC1CC(N2CNc3ccccc32)CCN1C. The van der Waals surface area contributed by atoms with Crippen LogP contribution in [0.3, 0.4) is 0 Å². The zero-order chi connectivity index (χ0) is 11.8. The van der Waals surface area contributed by atoms with Crippen LogP contribution in [0.15, 0.2) is 24.3 Å². The fourth-order valence-corrected chi connectivity index (χ4v) is 3.00. The predicted molar refractivity (Wildman–Crippen MR) is 72.5 cm³/mol. The van der Waals surface area contributed by atoms with Crippen LogP contribution in [0.2, 0.25) is 0 Å². The average Bonchev–Trinajstić information content (AvgIpc) is 2.76. The standard InChI is InChI=1S/C14H21N3/c1-11-9-12(7-8-16(11)2)17-10-15-13-5-3-4-6-14(13)17/h3-6,11-12,15H,7-10H2,1-2H3. The number of anilines is 2. The van der Waals surface area contributed by atoms with E-state index in [0.717, 1.165) is 6.67 Å². The summed E-state index contributed by atoms with van der Waals surface area (Å²) in [7, 11) is 2.23. The molecular formula is C14H21N3. The number of fused-ring (bicyclic) bond motifs is 1. The maximum Gasteiger partial charge on any atom is 0.0880 e. The van der Waals surface area contributed by atoms with Crippen molar-refractivity contribution in [3.05, 3.63) is 24.3 Å². The van der Waals surface area contributed by atoms with Gasteiger partial charge in [0.2, 0.25) is 0 Å². The molecule has 17 heavy (non-hydrogen) atoms. The molecular weight excluding hydrogens is 210 g/mol. The Bertz CT molecular complexity index is 404. The molecule has 0 bridgehead atoms. The fraction of sp³-hybridized carbons (Fsp3) is 0.571. The highest BCUT2D eigenvalue weighted by atomic mass is 15.3. The van der Waals surface area contributed by atoms with E-state index in [9.17, 15) is 0 Å². The third-order valence-corrected chi connectivity index (χ3v) is 4.27. The molecule has 1 aromatic rings. The lowest BCUT2D eigenvalue weighted by Gasteiger charge is -2.40. The second kappa shape index (κ2) is 4.22. The number of likely N-dealkylation sites (tertiary alicyclic amines) is 1. The van der Waals surface area contributed by atoms with Gasteiger partial charge in [0.15, 0.2) is 0 Å². The van der Waals surface area contributed by atoms with Gasteiger partial charge in [0.1, 0.15) is 0 Å². The van der Waals surface area contributed by atoms with Gasteiger partial charge in [-0.05, 0) is 38.9 Å². The van der Waals surface area contributed by atoms with Gasteiger partial charge in [-0.2, -0.15) is 0 Å². The van der Waals surface area contributed by atoms with Gasteiger partial charge in [0, 0.05) is 18.6 Å². The Hall–Kier alpha value is -1.22. The van der Waals surface area contributed by atoms with Crippen molar-refractivity contribution in [2.45, 2.75) is 31.8 Å². The molecule has 1 N–H and O–H groups in total. The van der Waals surface area contributed by atoms with E-state index in [4.69, 9.17) is 0 Å². The van der Waals surface area contributed by atoms with Crippen LogP contribution in [0.25, 0.3) is 0 Å². The van der Waals surface area contributed by atoms with E-state index in [1.165, 1.54) is 30.8 Å². The maximum atomic E-state index is 3.49. The summed E-state index contributed by atoms with van der Waals surface area (Å²) in [6.07, 6.45) is 2.55. The first-order valence-electron chi connectivity index (χ1n) is 6.55. The quantitative estimate of drug-likeness (QED) is 0.800. The first-order chi connectivity index (χ1) is 8.25. The molecule has 3 nitrogen and oxygen atoms in total. The number of piperidine rings is 1. The Kier molecular flexibility index (Phi) is 2.71. The van der Waals surface area contributed by atoms with Crippen LogP contribution < -0.4 is 10.2 Å². The summed E-state index contributed by atoms with van der Waals surface area (Å²) in [5, 5.41) is 3.49. The average molecular weight is 231 g/mol. The summed E-state index contributed by atoms with van der Waals surface area (Å²) in [6.45, 7) is 4.52. The van der Waals surface area contributed by atoms with Crippen molar-refractivity contribution in [1.82, 2.24) is 4.90 Å². The van der Waals surface area contributed by atoms with Crippen LogP contribution >= 0.6 is 0 Å². The molecule has 0 spiro atoms. The number of nitrogens with one attached hydrogen (secondary N) is 1. The Morgan fingerprint density at radius 2 is 2.12 bits per heavy atom. The van der Waals surface area contributed by atoms with Gasteiger partial charge < -0.3 is 15.1 Å². The summed E-state index contributed by atoms with van der Waals surface area (Å²) >= 11 is 0. The molecule has 1 aromatic carbocycles. The topological polar surface area (TPSA) is 18.5 Å². The summed E-state index contributed by atoms with van der Waals surface area (Å²) < 4.78 is 0. The van der Waals surface area contributed by atoms with E-state index in [-0.39, 0.29) is 0 Å². The Balaban J connectivity index is 1.78. The highest BCUT2D eigenvalue weighted by Gasteiger charge is 2.30. The molecule has 3 heteroatoms. The van der Waals surface area contributed by atoms with Gasteiger partial charge in [-0.1, -0.05) is 12.1 Å². The first-order valence-corrected chi connectivity index (χ1v) is 6.55. The molecule has 92 valence electrons. The third kappa shape index (κ3) is 1.89. The highest BCUT2D eigenvalue weighted by Crippen LogP contribution is 2.35. The molecule has 0 saturated carbocycles. The molecule has 2 aliphatic heterocycles. The Morgan fingerprint density at radius 1 is 1.29 bits per heavy atom. The van der Waals surface area contributed by atoms with Crippen LogP contribution in [0, 0.1) is 0 Å². The Labute approximate surface area is 103 Å². The van der Waals surface area contributed by atoms with Crippen molar-refractivity contribution in [1.29, 1.82) is 0 Å². The van der Waals surface area contributed by atoms with E-state index in [2.05, 4.69) is 53.4 Å². The molecule has 2 atom stereocenters. The van der Waals surface area contributed by atoms with Crippen LogP contribution in [-0.2, 0) is 0 Å². The molecule has 1 fully saturated rings. The minimum absolute atomic E-state index is 0.692. The summed E-state index contributed by atoms with van der Waals surface area (Å²) in [6, 6.07) is 10.0. The van der Waals surface area contributed by atoms with Gasteiger partial charge in [0.25, 0.3) is 0 Å². The molecule has 2 heterocycles. The summed E-state index contributed by atoms with van der Waals surface area (Å²) in [5.74, 6) is 0. The second-order valence-corrected chi connectivity index (χ2v) is 5.33. The number of benzene rings is 1. The van der Waals surface area contributed by atoms with E-state index < -0.39 is 0 Å². The minimum atomic E-state index is 0.692. The third-order valence-electron chi connectivity index (χ3n) is 4.27. The van der Waals surface area contributed by atoms with Gasteiger partial charge in [-0.25, -0.2) is 0 Å². The number of nitrogens with zero attached hydrogens (tertiary/aromatic N) is 2. The van der Waals surface area contributed by atoms with Gasteiger partial charge in [-0.15, -0.1) is 0 Å². The normalized spacial score (nSPS) is 28.9. The van der Waals surface area contributed by atoms with E-state index in [1.807, 2.05) is 0 Å².